The largest absolute Gasteiger partial charge is 0.391 e. The van der Waals surface area contributed by atoms with Crippen molar-refractivity contribution in [2.75, 3.05) is 18.0 Å². The molecule has 1 aromatic heterocycles. The second-order valence-corrected chi connectivity index (χ2v) is 7.63. The lowest BCUT2D eigenvalue weighted by Crippen LogP contribution is -2.39. The van der Waals surface area contributed by atoms with E-state index in [-0.39, 0.29) is 18.1 Å². The average Bonchev–Trinajstić information content (AvgIpc) is 2.77. The van der Waals surface area contributed by atoms with Crippen molar-refractivity contribution < 1.29 is 9.90 Å². The lowest BCUT2D eigenvalue weighted by molar-refractivity contribution is 0.0937. The summed E-state index contributed by atoms with van der Waals surface area (Å²) in [6.07, 6.45) is 2.19. The smallest absolute Gasteiger partial charge is 0.252 e. The summed E-state index contributed by atoms with van der Waals surface area (Å²) in [5.41, 5.74) is 2.52. The Morgan fingerprint density at radius 2 is 1.97 bits per heavy atom. The maximum Gasteiger partial charge on any atom is 0.252 e. The first-order valence-electron chi connectivity index (χ1n) is 10.3. The Balaban J connectivity index is 1.68. The number of carbonyl (C=O) groups is 1. The van der Waals surface area contributed by atoms with Gasteiger partial charge in [-0.1, -0.05) is 55.5 Å². The normalized spacial score (nSPS) is 17.9. The molecule has 2 aromatic carbocycles. The first kappa shape index (κ1) is 19.4. The summed E-state index contributed by atoms with van der Waals surface area (Å²) in [6.45, 7) is 3.46. The molecule has 2 atom stereocenters. The van der Waals surface area contributed by atoms with E-state index in [1.54, 1.807) is 0 Å². The maximum atomic E-state index is 13.3. The van der Waals surface area contributed by atoms with Gasteiger partial charge in [0.1, 0.15) is 5.82 Å². The monoisotopic (exact) mass is 389 g/mol. The van der Waals surface area contributed by atoms with Crippen molar-refractivity contribution in [3.8, 4) is 0 Å². The molecule has 2 N–H and O–H groups in total. The number of benzene rings is 2. The van der Waals surface area contributed by atoms with Crippen molar-refractivity contribution >= 4 is 22.6 Å². The molecule has 29 heavy (non-hydrogen) atoms. The third kappa shape index (κ3) is 4.25. The van der Waals surface area contributed by atoms with Crippen molar-refractivity contribution in [2.24, 2.45) is 0 Å². The number of amides is 1. The summed E-state index contributed by atoms with van der Waals surface area (Å²) in [4.78, 5) is 20.1. The Bertz CT molecular complexity index is 990. The molecule has 1 aliphatic heterocycles. The zero-order chi connectivity index (χ0) is 20.2. The molecule has 4 rings (SSSR count). The van der Waals surface area contributed by atoms with Crippen LogP contribution in [-0.2, 0) is 0 Å². The van der Waals surface area contributed by atoms with Crippen molar-refractivity contribution in [1.29, 1.82) is 0 Å². The number of pyridine rings is 1. The molecule has 2 heterocycles. The first-order valence-corrected chi connectivity index (χ1v) is 10.3. The quantitative estimate of drug-likeness (QED) is 0.690. The van der Waals surface area contributed by atoms with E-state index in [4.69, 9.17) is 4.98 Å². The highest BCUT2D eigenvalue weighted by Gasteiger charge is 2.22. The minimum atomic E-state index is -0.350. The number of aromatic nitrogens is 1. The SMILES string of the molecule is CCC(NC(=O)c1cc(N2CCC[C@H](O)C2)nc2ccccc12)c1ccccc1. The lowest BCUT2D eigenvalue weighted by atomic mass is 10.0. The van der Waals surface area contributed by atoms with Gasteiger partial charge in [0.2, 0.25) is 0 Å². The van der Waals surface area contributed by atoms with Crippen LogP contribution in [-0.4, -0.2) is 35.2 Å². The van der Waals surface area contributed by atoms with Gasteiger partial charge in [-0.25, -0.2) is 4.98 Å². The zero-order valence-electron chi connectivity index (χ0n) is 16.7. The number of nitrogens with one attached hydrogen (secondary N) is 1. The van der Waals surface area contributed by atoms with Crippen LogP contribution in [0.1, 0.15) is 48.1 Å². The molecule has 1 amide bonds. The molecule has 150 valence electrons. The number of fused-ring (bicyclic) bond motifs is 1. The van der Waals surface area contributed by atoms with Crippen LogP contribution in [0, 0.1) is 0 Å². The third-order valence-electron chi connectivity index (χ3n) is 5.58. The highest BCUT2D eigenvalue weighted by atomic mass is 16.3. The summed E-state index contributed by atoms with van der Waals surface area (Å²) in [6, 6.07) is 19.6. The number of rotatable bonds is 5. The highest BCUT2D eigenvalue weighted by molar-refractivity contribution is 6.07. The maximum absolute atomic E-state index is 13.3. The molecular weight excluding hydrogens is 362 g/mol. The molecule has 1 aliphatic rings. The molecule has 1 fully saturated rings. The molecule has 5 heteroatoms. The van der Waals surface area contributed by atoms with Gasteiger partial charge in [-0.3, -0.25) is 4.79 Å². The molecule has 1 unspecified atom stereocenters. The van der Waals surface area contributed by atoms with E-state index in [2.05, 4.69) is 17.1 Å². The molecule has 0 bridgehead atoms. The van der Waals surface area contributed by atoms with Gasteiger partial charge in [-0.2, -0.15) is 0 Å². The number of nitrogens with zero attached hydrogens (tertiary/aromatic N) is 2. The highest BCUT2D eigenvalue weighted by Crippen LogP contribution is 2.26. The van der Waals surface area contributed by atoms with Gasteiger partial charge in [0.25, 0.3) is 5.91 Å². The van der Waals surface area contributed by atoms with Crippen molar-refractivity contribution in [2.45, 2.75) is 38.3 Å². The van der Waals surface area contributed by atoms with Crippen LogP contribution >= 0.6 is 0 Å². The van der Waals surface area contributed by atoms with Crippen LogP contribution in [0.3, 0.4) is 0 Å². The molecule has 5 nitrogen and oxygen atoms in total. The minimum Gasteiger partial charge on any atom is -0.391 e. The molecule has 1 saturated heterocycles. The molecule has 0 spiro atoms. The van der Waals surface area contributed by atoms with Crippen molar-refractivity contribution in [3.63, 3.8) is 0 Å². The molecule has 3 aromatic rings. The first-order chi connectivity index (χ1) is 14.2. The predicted molar refractivity (Wildman–Crippen MR) is 116 cm³/mol. The molecule has 0 saturated carbocycles. The average molecular weight is 389 g/mol. The Morgan fingerprint density at radius 3 is 2.72 bits per heavy atom. The van der Waals surface area contributed by atoms with Crippen LogP contribution in [0.25, 0.3) is 10.9 Å². The van der Waals surface area contributed by atoms with Crippen LogP contribution in [0.2, 0.25) is 0 Å². The van der Waals surface area contributed by atoms with Crippen LogP contribution in [0.4, 0.5) is 5.82 Å². The van der Waals surface area contributed by atoms with E-state index in [9.17, 15) is 9.90 Å². The number of piperidine rings is 1. The van der Waals surface area contributed by atoms with Crippen molar-refractivity contribution in [1.82, 2.24) is 10.3 Å². The Labute approximate surface area is 171 Å². The number of aliphatic hydroxyl groups excluding tert-OH is 1. The Kier molecular flexibility index (Phi) is 5.76. The number of anilines is 1. The predicted octanol–water partition coefficient (Wildman–Crippen LogP) is 4.08. The summed E-state index contributed by atoms with van der Waals surface area (Å²) in [5, 5.41) is 14.1. The molecule has 0 radical (unpaired) electrons. The van der Waals surface area contributed by atoms with Gasteiger partial charge in [0.15, 0.2) is 0 Å². The van der Waals surface area contributed by atoms with Crippen LogP contribution in [0.5, 0.6) is 0 Å². The number of hydrogen-bond donors (Lipinski definition) is 2. The topological polar surface area (TPSA) is 65.5 Å². The summed E-state index contributed by atoms with van der Waals surface area (Å²) < 4.78 is 0. The van der Waals surface area contributed by atoms with Gasteiger partial charge < -0.3 is 15.3 Å². The minimum absolute atomic E-state index is 0.0455. The number of carbonyl (C=O) groups excluding carboxylic acids is 1. The standard InChI is InChI=1S/C24H27N3O2/c1-2-21(17-9-4-3-5-10-17)26-24(29)20-15-23(27-14-8-11-18(28)16-27)25-22-13-7-6-12-19(20)22/h3-7,9-10,12-13,15,18,21,28H,2,8,11,14,16H2,1H3,(H,26,29)/t18-,21?/m0/s1. The molecular formula is C24H27N3O2. The van der Waals surface area contributed by atoms with Gasteiger partial charge >= 0.3 is 0 Å². The van der Waals surface area contributed by atoms with Gasteiger partial charge in [-0.15, -0.1) is 0 Å². The molecule has 0 aliphatic carbocycles. The van der Waals surface area contributed by atoms with E-state index in [1.165, 1.54) is 0 Å². The summed E-state index contributed by atoms with van der Waals surface area (Å²) in [5.74, 6) is 0.651. The number of aliphatic hydroxyl groups is 1. The van der Waals surface area contributed by atoms with E-state index >= 15 is 0 Å². The van der Waals surface area contributed by atoms with Crippen LogP contribution < -0.4 is 10.2 Å². The van der Waals surface area contributed by atoms with Gasteiger partial charge in [0, 0.05) is 18.5 Å². The fourth-order valence-electron chi connectivity index (χ4n) is 4.02. The fraction of sp³-hybridized carbons (Fsp3) is 0.333. The van der Waals surface area contributed by atoms with Gasteiger partial charge in [-0.05, 0) is 37.0 Å². The van der Waals surface area contributed by atoms with E-state index in [0.29, 0.717) is 12.1 Å². The van der Waals surface area contributed by atoms with Crippen molar-refractivity contribution in [3.05, 3.63) is 71.8 Å². The summed E-state index contributed by atoms with van der Waals surface area (Å²) >= 11 is 0. The fourth-order valence-corrected chi connectivity index (χ4v) is 4.02. The van der Waals surface area contributed by atoms with Gasteiger partial charge in [0.05, 0.1) is 23.2 Å². The number of para-hydroxylation sites is 1. The lowest BCUT2D eigenvalue weighted by Gasteiger charge is -2.31. The second-order valence-electron chi connectivity index (χ2n) is 7.63. The van der Waals surface area contributed by atoms with E-state index < -0.39 is 0 Å². The zero-order valence-corrected chi connectivity index (χ0v) is 16.7. The van der Waals surface area contributed by atoms with E-state index in [1.807, 2.05) is 60.7 Å². The van der Waals surface area contributed by atoms with Crippen LogP contribution in [0.15, 0.2) is 60.7 Å². The summed E-state index contributed by atoms with van der Waals surface area (Å²) in [7, 11) is 0. The number of β-amino-alcohol motifs (C(OH)–C–C–N with tert-alkyl or cyclic N) is 1. The third-order valence-corrected chi connectivity index (χ3v) is 5.58. The Hall–Kier alpha value is -2.92. The van der Waals surface area contributed by atoms with E-state index in [0.717, 1.165) is 48.1 Å². The number of hydrogen-bond acceptors (Lipinski definition) is 4. The Morgan fingerprint density at radius 1 is 1.21 bits per heavy atom. The second kappa shape index (κ2) is 8.62.